The maximum atomic E-state index is 6.45. The van der Waals surface area contributed by atoms with Gasteiger partial charge in [0.05, 0.1) is 0 Å². The summed E-state index contributed by atoms with van der Waals surface area (Å²) in [4.78, 5) is 0. The highest BCUT2D eigenvalue weighted by Gasteiger charge is 2.47. The van der Waals surface area contributed by atoms with Crippen LogP contribution in [0.4, 0.5) is 0 Å². The highest BCUT2D eigenvalue weighted by Crippen LogP contribution is 2.44. The number of rotatable bonds is 6. The first-order valence-electron chi connectivity index (χ1n) is 6.98. The Labute approximate surface area is 118 Å². The van der Waals surface area contributed by atoms with E-state index in [1.165, 1.54) is 0 Å². The van der Waals surface area contributed by atoms with Crippen molar-refractivity contribution in [3.63, 3.8) is 0 Å². The molecular formula is C15H26N2OSi. The van der Waals surface area contributed by atoms with Gasteiger partial charge < -0.3 is 4.43 Å². The third-order valence-electron chi connectivity index (χ3n) is 3.87. The smallest absolute Gasteiger partial charge is 0.258 e. The van der Waals surface area contributed by atoms with Gasteiger partial charge in [0.25, 0.3) is 8.32 Å². The normalized spacial score (nSPS) is 12.3. The standard InChI is InChI=1S/C15H26N2OSi/c1-11(2)19(12(3)4,13(5)6)18-14(7)15-9-8-10-16-17-15/h8-13H,7H2,1-6H3. The number of hydrogen-bond acceptors (Lipinski definition) is 3. The molecule has 0 saturated heterocycles. The maximum absolute atomic E-state index is 6.45. The molecule has 0 radical (unpaired) electrons. The second-order valence-corrected chi connectivity index (χ2v) is 11.3. The summed E-state index contributed by atoms with van der Waals surface area (Å²) < 4.78 is 6.45. The van der Waals surface area contributed by atoms with Gasteiger partial charge in [0.15, 0.2) is 0 Å². The molecule has 1 aromatic rings. The second kappa shape index (κ2) is 6.33. The predicted octanol–water partition coefficient (Wildman–Crippen LogP) is 4.64. The van der Waals surface area contributed by atoms with E-state index in [1.807, 2.05) is 12.1 Å². The van der Waals surface area contributed by atoms with Crippen molar-refractivity contribution in [1.29, 1.82) is 0 Å². The topological polar surface area (TPSA) is 35.0 Å². The zero-order valence-corrected chi connectivity index (χ0v) is 14.0. The second-order valence-electron chi connectivity index (χ2n) is 5.95. The van der Waals surface area contributed by atoms with Crippen LogP contribution in [0.2, 0.25) is 16.6 Å². The van der Waals surface area contributed by atoms with Crippen LogP contribution in [-0.2, 0) is 4.43 Å². The van der Waals surface area contributed by atoms with E-state index in [4.69, 9.17) is 4.43 Å². The molecule has 0 N–H and O–H groups in total. The Bertz CT molecular complexity index is 394. The molecule has 0 saturated carbocycles. The minimum Gasteiger partial charge on any atom is -0.542 e. The average Bonchev–Trinajstić information content (AvgIpc) is 2.35. The molecule has 4 heteroatoms. The molecule has 3 nitrogen and oxygen atoms in total. The molecular weight excluding hydrogens is 252 g/mol. The van der Waals surface area contributed by atoms with E-state index in [0.29, 0.717) is 22.4 Å². The molecule has 106 valence electrons. The fourth-order valence-corrected chi connectivity index (χ4v) is 8.31. The SMILES string of the molecule is C=C(O[Si](C(C)C)(C(C)C)C(C)C)c1cccnn1. The van der Waals surface area contributed by atoms with Crippen molar-refractivity contribution in [2.75, 3.05) is 0 Å². The monoisotopic (exact) mass is 278 g/mol. The molecule has 19 heavy (non-hydrogen) atoms. The summed E-state index contributed by atoms with van der Waals surface area (Å²) in [6.45, 7) is 17.6. The molecule has 1 heterocycles. The third-order valence-corrected chi connectivity index (χ3v) is 9.88. The first-order valence-corrected chi connectivity index (χ1v) is 9.12. The first-order chi connectivity index (χ1) is 8.82. The van der Waals surface area contributed by atoms with Gasteiger partial charge in [0.1, 0.15) is 11.5 Å². The molecule has 0 bridgehead atoms. The Balaban J connectivity index is 3.05. The molecule has 0 amide bonds. The van der Waals surface area contributed by atoms with E-state index in [2.05, 4.69) is 58.3 Å². The van der Waals surface area contributed by atoms with Crippen LogP contribution >= 0.6 is 0 Å². The van der Waals surface area contributed by atoms with Gasteiger partial charge in [-0.15, -0.1) is 5.10 Å². The molecule has 1 aromatic heterocycles. The van der Waals surface area contributed by atoms with Crippen molar-refractivity contribution < 1.29 is 4.43 Å². The van der Waals surface area contributed by atoms with Gasteiger partial charge in [-0.1, -0.05) is 48.1 Å². The third kappa shape index (κ3) is 3.24. The summed E-state index contributed by atoms with van der Waals surface area (Å²) in [6, 6.07) is 3.76. The molecule has 0 atom stereocenters. The van der Waals surface area contributed by atoms with Crippen LogP contribution in [0, 0.1) is 0 Å². The van der Waals surface area contributed by atoms with Gasteiger partial charge >= 0.3 is 0 Å². The Kier molecular flexibility index (Phi) is 5.29. The minimum absolute atomic E-state index is 0.529. The highest BCUT2D eigenvalue weighted by molar-refractivity contribution is 6.78. The molecule has 0 fully saturated rings. The number of nitrogens with zero attached hydrogens (tertiary/aromatic N) is 2. The average molecular weight is 278 g/mol. The fourth-order valence-electron chi connectivity index (χ4n) is 3.07. The van der Waals surface area contributed by atoms with Gasteiger partial charge in [-0.05, 0) is 28.8 Å². The van der Waals surface area contributed by atoms with Gasteiger partial charge in [0.2, 0.25) is 0 Å². The Morgan fingerprint density at radius 2 is 1.63 bits per heavy atom. The summed E-state index contributed by atoms with van der Waals surface area (Å²) in [7, 11) is -1.94. The molecule has 0 aromatic carbocycles. The summed E-state index contributed by atoms with van der Waals surface area (Å²) in [5.41, 5.74) is 2.32. The Morgan fingerprint density at radius 1 is 1.11 bits per heavy atom. The van der Waals surface area contributed by atoms with E-state index in [1.54, 1.807) is 6.20 Å². The minimum atomic E-state index is -1.94. The first kappa shape index (κ1) is 15.9. The summed E-state index contributed by atoms with van der Waals surface area (Å²) >= 11 is 0. The summed E-state index contributed by atoms with van der Waals surface area (Å²) in [6.07, 6.45) is 1.66. The Hall–Kier alpha value is -1.16. The van der Waals surface area contributed by atoms with Crippen molar-refractivity contribution in [3.05, 3.63) is 30.6 Å². The maximum Gasteiger partial charge on any atom is 0.258 e. The lowest BCUT2D eigenvalue weighted by Crippen LogP contribution is -2.47. The molecule has 0 aliphatic heterocycles. The van der Waals surface area contributed by atoms with Gasteiger partial charge in [0, 0.05) is 6.20 Å². The molecule has 0 unspecified atom stereocenters. The van der Waals surface area contributed by atoms with Crippen LogP contribution in [0.3, 0.4) is 0 Å². The van der Waals surface area contributed by atoms with Crippen molar-refractivity contribution >= 4 is 14.1 Å². The van der Waals surface area contributed by atoms with Crippen LogP contribution in [0.15, 0.2) is 24.9 Å². The van der Waals surface area contributed by atoms with E-state index in [0.717, 1.165) is 5.69 Å². The largest absolute Gasteiger partial charge is 0.542 e. The van der Waals surface area contributed by atoms with Crippen LogP contribution in [-0.4, -0.2) is 18.5 Å². The fraction of sp³-hybridized carbons (Fsp3) is 0.600. The van der Waals surface area contributed by atoms with Crippen LogP contribution in [0.5, 0.6) is 0 Å². The lowest BCUT2D eigenvalue weighted by Gasteiger charge is -2.42. The van der Waals surface area contributed by atoms with Gasteiger partial charge in [-0.3, -0.25) is 0 Å². The van der Waals surface area contributed by atoms with E-state index < -0.39 is 8.32 Å². The zero-order valence-electron chi connectivity index (χ0n) is 13.0. The molecule has 0 aliphatic carbocycles. The summed E-state index contributed by atoms with van der Waals surface area (Å²) in [5, 5.41) is 7.98. The lowest BCUT2D eigenvalue weighted by molar-refractivity contribution is 0.443. The number of hydrogen-bond donors (Lipinski definition) is 0. The predicted molar refractivity (Wildman–Crippen MR) is 83.2 cm³/mol. The molecule has 1 rings (SSSR count). The van der Waals surface area contributed by atoms with E-state index >= 15 is 0 Å². The molecule has 0 spiro atoms. The van der Waals surface area contributed by atoms with Crippen LogP contribution < -0.4 is 0 Å². The quantitative estimate of drug-likeness (QED) is 0.561. The van der Waals surface area contributed by atoms with Gasteiger partial charge in [-0.25, -0.2) is 0 Å². The molecule has 0 aliphatic rings. The van der Waals surface area contributed by atoms with Crippen molar-refractivity contribution in [3.8, 4) is 0 Å². The Morgan fingerprint density at radius 3 is 2.00 bits per heavy atom. The van der Waals surface area contributed by atoms with Crippen LogP contribution in [0.25, 0.3) is 5.76 Å². The highest BCUT2D eigenvalue weighted by atomic mass is 28.4. The van der Waals surface area contributed by atoms with Crippen LogP contribution in [0.1, 0.15) is 47.2 Å². The van der Waals surface area contributed by atoms with Crippen molar-refractivity contribution in [1.82, 2.24) is 10.2 Å². The van der Waals surface area contributed by atoms with Gasteiger partial charge in [-0.2, -0.15) is 5.10 Å². The van der Waals surface area contributed by atoms with Crippen molar-refractivity contribution in [2.45, 2.75) is 58.2 Å². The summed E-state index contributed by atoms with van der Waals surface area (Å²) in [5.74, 6) is 0.663. The van der Waals surface area contributed by atoms with E-state index in [-0.39, 0.29) is 0 Å². The zero-order chi connectivity index (χ0) is 14.6. The van der Waals surface area contributed by atoms with Crippen molar-refractivity contribution in [2.24, 2.45) is 0 Å². The van der Waals surface area contributed by atoms with E-state index in [9.17, 15) is 0 Å². The lowest BCUT2D eigenvalue weighted by atomic mass is 10.3. The number of aromatic nitrogens is 2.